The fraction of sp³-hybridized carbons (Fsp3) is 0.667. The van der Waals surface area contributed by atoms with Crippen LogP contribution >= 0.6 is 0 Å². The third-order valence-corrected chi connectivity index (χ3v) is 5.12. The van der Waals surface area contributed by atoms with Crippen LogP contribution in [-0.2, 0) is 6.54 Å². The predicted octanol–water partition coefficient (Wildman–Crippen LogP) is 3.19. The van der Waals surface area contributed by atoms with Crippen LogP contribution in [0.5, 0.6) is 5.75 Å². The van der Waals surface area contributed by atoms with E-state index in [9.17, 15) is 0 Å². The van der Waals surface area contributed by atoms with Gasteiger partial charge >= 0.3 is 0 Å². The molecular formula is C18H28N2O. The Labute approximate surface area is 128 Å². The van der Waals surface area contributed by atoms with Crippen molar-refractivity contribution in [1.82, 2.24) is 10.2 Å². The third kappa shape index (κ3) is 3.41. The van der Waals surface area contributed by atoms with Gasteiger partial charge in [-0.3, -0.25) is 4.90 Å². The van der Waals surface area contributed by atoms with E-state index in [1.165, 1.54) is 37.7 Å². The lowest BCUT2D eigenvalue weighted by molar-refractivity contribution is 0.0180. The molecule has 3 rings (SSSR count). The largest absolute Gasteiger partial charge is 0.497 e. The molecule has 0 aromatic heterocycles. The van der Waals surface area contributed by atoms with Gasteiger partial charge in [-0.15, -0.1) is 0 Å². The Kier molecular flexibility index (Phi) is 4.81. The van der Waals surface area contributed by atoms with Gasteiger partial charge in [-0.05, 0) is 49.9 Å². The Morgan fingerprint density at radius 2 is 2.00 bits per heavy atom. The molecule has 21 heavy (non-hydrogen) atoms. The SMILES string of the molecule is CCNC1CC2CCCC(C1)N2Cc1cccc(OC)c1. The first-order valence-electron chi connectivity index (χ1n) is 8.42. The number of piperidine rings is 2. The number of nitrogens with one attached hydrogen (secondary N) is 1. The van der Waals surface area contributed by atoms with E-state index >= 15 is 0 Å². The second kappa shape index (κ2) is 6.80. The van der Waals surface area contributed by atoms with Crippen LogP contribution in [0.15, 0.2) is 24.3 Å². The molecule has 1 aromatic carbocycles. The molecule has 2 aliphatic heterocycles. The minimum absolute atomic E-state index is 0.729. The van der Waals surface area contributed by atoms with Crippen molar-refractivity contribution in [1.29, 1.82) is 0 Å². The second-order valence-electron chi connectivity index (χ2n) is 6.49. The topological polar surface area (TPSA) is 24.5 Å². The molecule has 0 saturated carbocycles. The molecule has 116 valence electrons. The minimum Gasteiger partial charge on any atom is -0.497 e. The van der Waals surface area contributed by atoms with Crippen LogP contribution < -0.4 is 10.1 Å². The number of rotatable bonds is 5. The van der Waals surface area contributed by atoms with Crippen LogP contribution in [0.25, 0.3) is 0 Å². The van der Waals surface area contributed by atoms with Gasteiger partial charge in [-0.25, -0.2) is 0 Å². The molecule has 0 amide bonds. The lowest BCUT2D eigenvalue weighted by Gasteiger charge is -2.49. The normalized spacial score (nSPS) is 29.3. The number of nitrogens with zero attached hydrogens (tertiary/aromatic N) is 1. The average Bonchev–Trinajstić information content (AvgIpc) is 2.48. The van der Waals surface area contributed by atoms with Crippen molar-refractivity contribution in [3.63, 3.8) is 0 Å². The summed E-state index contributed by atoms with van der Waals surface area (Å²) in [4.78, 5) is 2.76. The Hall–Kier alpha value is -1.06. The standard InChI is InChI=1S/C18H28N2O/c1-3-19-15-11-16-7-5-8-17(12-15)20(16)13-14-6-4-9-18(10-14)21-2/h4,6,9-10,15-17,19H,3,5,7-8,11-13H2,1-2H3. The van der Waals surface area contributed by atoms with Gasteiger partial charge in [0, 0.05) is 24.7 Å². The van der Waals surface area contributed by atoms with Crippen LogP contribution in [0, 0.1) is 0 Å². The van der Waals surface area contributed by atoms with Crippen molar-refractivity contribution >= 4 is 0 Å². The first kappa shape index (κ1) is 14.9. The van der Waals surface area contributed by atoms with Crippen LogP contribution in [0.3, 0.4) is 0 Å². The lowest BCUT2D eigenvalue weighted by atomic mass is 9.81. The van der Waals surface area contributed by atoms with E-state index in [0.717, 1.165) is 37.0 Å². The van der Waals surface area contributed by atoms with Crippen molar-refractivity contribution in [3.8, 4) is 5.75 Å². The second-order valence-corrected chi connectivity index (χ2v) is 6.49. The Morgan fingerprint density at radius 3 is 2.67 bits per heavy atom. The summed E-state index contributed by atoms with van der Waals surface area (Å²) in [7, 11) is 1.75. The van der Waals surface area contributed by atoms with Gasteiger partial charge < -0.3 is 10.1 Å². The molecule has 0 aliphatic carbocycles. The van der Waals surface area contributed by atoms with Crippen molar-refractivity contribution in [2.45, 2.75) is 63.7 Å². The first-order chi connectivity index (χ1) is 10.3. The molecular weight excluding hydrogens is 260 g/mol. The molecule has 2 heterocycles. The maximum atomic E-state index is 5.36. The van der Waals surface area contributed by atoms with E-state index in [0.29, 0.717) is 0 Å². The van der Waals surface area contributed by atoms with Crippen LogP contribution in [-0.4, -0.2) is 36.7 Å². The van der Waals surface area contributed by atoms with E-state index in [4.69, 9.17) is 4.74 Å². The predicted molar refractivity (Wildman–Crippen MR) is 86.7 cm³/mol. The highest BCUT2D eigenvalue weighted by Crippen LogP contribution is 2.35. The number of ether oxygens (including phenoxy) is 1. The summed E-state index contributed by atoms with van der Waals surface area (Å²) in [6.07, 6.45) is 6.76. The Bertz CT molecular complexity index is 448. The summed E-state index contributed by atoms with van der Waals surface area (Å²) in [6, 6.07) is 10.8. The van der Waals surface area contributed by atoms with Crippen LogP contribution in [0.4, 0.5) is 0 Å². The highest BCUT2D eigenvalue weighted by atomic mass is 16.5. The van der Waals surface area contributed by atoms with Gasteiger partial charge in [-0.2, -0.15) is 0 Å². The van der Waals surface area contributed by atoms with E-state index in [1.807, 2.05) is 6.07 Å². The van der Waals surface area contributed by atoms with Gasteiger partial charge in [0.05, 0.1) is 7.11 Å². The van der Waals surface area contributed by atoms with E-state index in [-0.39, 0.29) is 0 Å². The van der Waals surface area contributed by atoms with Crippen molar-refractivity contribution in [3.05, 3.63) is 29.8 Å². The molecule has 1 N–H and O–H groups in total. The number of hydrogen-bond donors (Lipinski definition) is 1. The van der Waals surface area contributed by atoms with Crippen molar-refractivity contribution in [2.75, 3.05) is 13.7 Å². The summed E-state index contributed by atoms with van der Waals surface area (Å²) in [5, 5.41) is 3.67. The zero-order valence-corrected chi connectivity index (χ0v) is 13.3. The fourth-order valence-corrected chi connectivity index (χ4v) is 4.17. The molecule has 2 fully saturated rings. The third-order valence-electron chi connectivity index (χ3n) is 5.12. The first-order valence-corrected chi connectivity index (χ1v) is 8.42. The summed E-state index contributed by atoms with van der Waals surface area (Å²) in [6.45, 7) is 4.39. The van der Waals surface area contributed by atoms with Gasteiger partial charge in [0.2, 0.25) is 0 Å². The summed E-state index contributed by atoms with van der Waals surface area (Å²) >= 11 is 0. The Morgan fingerprint density at radius 1 is 1.24 bits per heavy atom. The molecule has 2 unspecified atom stereocenters. The van der Waals surface area contributed by atoms with Gasteiger partial charge in [0.15, 0.2) is 0 Å². The monoisotopic (exact) mass is 288 g/mol. The van der Waals surface area contributed by atoms with E-state index in [1.54, 1.807) is 7.11 Å². The molecule has 0 radical (unpaired) electrons. The lowest BCUT2D eigenvalue weighted by Crippen LogP contribution is -2.55. The summed E-state index contributed by atoms with van der Waals surface area (Å²) in [5.74, 6) is 0.972. The van der Waals surface area contributed by atoms with Crippen LogP contribution in [0.1, 0.15) is 44.6 Å². The quantitative estimate of drug-likeness (QED) is 0.900. The van der Waals surface area contributed by atoms with Crippen molar-refractivity contribution in [2.24, 2.45) is 0 Å². The molecule has 1 aromatic rings. The van der Waals surface area contributed by atoms with E-state index < -0.39 is 0 Å². The summed E-state index contributed by atoms with van der Waals surface area (Å²) in [5.41, 5.74) is 1.38. The average molecular weight is 288 g/mol. The molecule has 3 nitrogen and oxygen atoms in total. The molecule has 3 heteroatoms. The van der Waals surface area contributed by atoms with E-state index in [2.05, 4.69) is 35.3 Å². The fourth-order valence-electron chi connectivity index (χ4n) is 4.17. The highest BCUT2D eigenvalue weighted by Gasteiger charge is 2.37. The molecule has 2 atom stereocenters. The smallest absolute Gasteiger partial charge is 0.119 e. The summed E-state index contributed by atoms with van der Waals surface area (Å²) < 4.78 is 5.36. The van der Waals surface area contributed by atoms with Crippen molar-refractivity contribution < 1.29 is 4.74 Å². The zero-order chi connectivity index (χ0) is 14.7. The van der Waals surface area contributed by atoms with Gasteiger partial charge in [0.25, 0.3) is 0 Å². The molecule has 2 bridgehead atoms. The maximum Gasteiger partial charge on any atom is 0.119 e. The molecule has 2 saturated heterocycles. The van der Waals surface area contributed by atoms with Gasteiger partial charge in [0.1, 0.15) is 5.75 Å². The number of benzene rings is 1. The molecule has 0 spiro atoms. The maximum absolute atomic E-state index is 5.36. The van der Waals surface area contributed by atoms with Crippen LogP contribution in [0.2, 0.25) is 0 Å². The highest BCUT2D eigenvalue weighted by molar-refractivity contribution is 5.28. The number of fused-ring (bicyclic) bond motifs is 2. The molecule has 2 aliphatic rings. The number of methoxy groups -OCH3 is 1. The Balaban J connectivity index is 1.70. The number of hydrogen-bond acceptors (Lipinski definition) is 3. The zero-order valence-electron chi connectivity index (χ0n) is 13.3. The van der Waals surface area contributed by atoms with Gasteiger partial charge in [-0.1, -0.05) is 25.5 Å². The minimum atomic E-state index is 0.729.